The van der Waals surface area contributed by atoms with Gasteiger partial charge in [-0.3, -0.25) is 4.98 Å². The van der Waals surface area contributed by atoms with Gasteiger partial charge in [0.2, 0.25) is 0 Å². The van der Waals surface area contributed by atoms with E-state index in [2.05, 4.69) is 10.1 Å². The summed E-state index contributed by atoms with van der Waals surface area (Å²) in [6.07, 6.45) is 1.71. The van der Waals surface area contributed by atoms with Crippen molar-refractivity contribution in [3.8, 4) is 28.3 Å². The van der Waals surface area contributed by atoms with Gasteiger partial charge in [-0.1, -0.05) is 22.9 Å². The molecular formula is C16H15N3O2. The van der Waals surface area contributed by atoms with E-state index >= 15 is 0 Å². The number of pyridine rings is 1. The Morgan fingerprint density at radius 2 is 2.05 bits per heavy atom. The summed E-state index contributed by atoms with van der Waals surface area (Å²) < 4.78 is 10.8. The Bertz CT molecular complexity index is 766. The standard InChI is InChI=1S/C16H15N3O2/c1-10-6-7-13(20-2)11(9-10)15-14(16(17)19-21-15)12-5-3-4-8-18-12/h3-9H,1-2H3,(H2,17,19). The molecule has 5 nitrogen and oxygen atoms in total. The van der Waals surface area contributed by atoms with Crippen LogP contribution in [0.25, 0.3) is 22.6 Å². The maximum Gasteiger partial charge on any atom is 0.182 e. The van der Waals surface area contributed by atoms with Crippen molar-refractivity contribution >= 4 is 5.82 Å². The van der Waals surface area contributed by atoms with Crippen LogP contribution < -0.4 is 10.5 Å². The first-order valence-corrected chi connectivity index (χ1v) is 6.52. The molecule has 1 aromatic carbocycles. The minimum absolute atomic E-state index is 0.312. The Balaban J connectivity index is 2.24. The lowest BCUT2D eigenvalue weighted by Crippen LogP contribution is -1.92. The molecule has 0 spiro atoms. The molecule has 0 fully saturated rings. The van der Waals surface area contributed by atoms with E-state index in [1.54, 1.807) is 13.3 Å². The number of ether oxygens (including phenoxy) is 1. The smallest absolute Gasteiger partial charge is 0.182 e. The number of hydrogen-bond donors (Lipinski definition) is 1. The fourth-order valence-electron chi connectivity index (χ4n) is 2.24. The molecule has 3 rings (SSSR count). The topological polar surface area (TPSA) is 74.2 Å². The number of nitrogen functional groups attached to an aromatic ring is 1. The minimum Gasteiger partial charge on any atom is -0.496 e. The van der Waals surface area contributed by atoms with E-state index in [4.69, 9.17) is 15.0 Å². The van der Waals surface area contributed by atoms with Crippen LogP contribution in [0.3, 0.4) is 0 Å². The molecule has 0 radical (unpaired) electrons. The summed E-state index contributed by atoms with van der Waals surface area (Å²) in [5.74, 6) is 1.58. The van der Waals surface area contributed by atoms with Gasteiger partial charge in [-0.15, -0.1) is 0 Å². The molecule has 0 saturated carbocycles. The highest BCUT2D eigenvalue weighted by molar-refractivity contribution is 5.87. The first kappa shape index (κ1) is 13.2. The highest BCUT2D eigenvalue weighted by Crippen LogP contribution is 2.40. The zero-order valence-corrected chi connectivity index (χ0v) is 11.8. The molecule has 0 bridgehead atoms. The van der Waals surface area contributed by atoms with Gasteiger partial charge in [0, 0.05) is 6.20 Å². The second-order valence-corrected chi connectivity index (χ2v) is 4.69. The molecule has 0 aliphatic carbocycles. The summed E-state index contributed by atoms with van der Waals surface area (Å²) in [4.78, 5) is 4.33. The van der Waals surface area contributed by atoms with Crippen molar-refractivity contribution in [3.05, 3.63) is 48.2 Å². The van der Waals surface area contributed by atoms with Gasteiger partial charge in [0.05, 0.1) is 23.9 Å². The van der Waals surface area contributed by atoms with Crippen molar-refractivity contribution in [1.82, 2.24) is 10.1 Å². The van der Waals surface area contributed by atoms with E-state index in [1.807, 2.05) is 43.3 Å². The van der Waals surface area contributed by atoms with Crippen LogP contribution in [-0.2, 0) is 0 Å². The Morgan fingerprint density at radius 1 is 1.19 bits per heavy atom. The van der Waals surface area contributed by atoms with Crippen molar-refractivity contribution in [2.75, 3.05) is 12.8 Å². The molecule has 0 unspecified atom stereocenters. The third-order valence-electron chi connectivity index (χ3n) is 3.24. The molecule has 21 heavy (non-hydrogen) atoms. The van der Waals surface area contributed by atoms with E-state index in [0.717, 1.165) is 16.8 Å². The number of nitrogens with zero attached hydrogens (tertiary/aromatic N) is 2. The van der Waals surface area contributed by atoms with Crippen LogP contribution in [0.2, 0.25) is 0 Å². The molecule has 3 aromatic rings. The van der Waals surface area contributed by atoms with E-state index in [9.17, 15) is 0 Å². The monoisotopic (exact) mass is 281 g/mol. The van der Waals surface area contributed by atoms with Gasteiger partial charge in [-0.2, -0.15) is 0 Å². The summed E-state index contributed by atoms with van der Waals surface area (Å²) in [6, 6.07) is 11.5. The number of methoxy groups -OCH3 is 1. The average molecular weight is 281 g/mol. The predicted octanol–water partition coefficient (Wildman–Crippen LogP) is 3.30. The molecule has 0 atom stereocenters. The van der Waals surface area contributed by atoms with E-state index in [1.165, 1.54) is 0 Å². The minimum atomic E-state index is 0.312. The molecule has 2 N–H and O–H groups in total. The highest BCUT2D eigenvalue weighted by atomic mass is 16.5. The maximum absolute atomic E-state index is 5.95. The lowest BCUT2D eigenvalue weighted by molar-refractivity contribution is 0.407. The fourth-order valence-corrected chi connectivity index (χ4v) is 2.24. The molecule has 2 aromatic heterocycles. The number of hydrogen-bond acceptors (Lipinski definition) is 5. The lowest BCUT2D eigenvalue weighted by Gasteiger charge is -2.08. The third kappa shape index (κ3) is 2.33. The van der Waals surface area contributed by atoms with Crippen molar-refractivity contribution in [2.24, 2.45) is 0 Å². The van der Waals surface area contributed by atoms with Gasteiger partial charge in [0.25, 0.3) is 0 Å². The normalized spacial score (nSPS) is 10.6. The summed E-state index contributed by atoms with van der Waals surface area (Å²) in [5, 5.41) is 3.88. The number of aromatic nitrogens is 2. The summed E-state index contributed by atoms with van der Waals surface area (Å²) in [7, 11) is 1.62. The molecule has 2 heterocycles. The van der Waals surface area contributed by atoms with Gasteiger partial charge in [-0.05, 0) is 31.2 Å². The quantitative estimate of drug-likeness (QED) is 0.797. The van der Waals surface area contributed by atoms with Crippen LogP contribution in [0.1, 0.15) is 5.56 Å². The fraction of sp³-hybridized carbons (Fsp3) is 0.125. The number of anilines is 1. The average Bonchev–Trinajstić information content (AvgIpc) is 2.89. The molecule has 0 saturated heterocycles. The molecule has 0 amide bonds. The number of benzene rings is 1. The van der Waals surface area contributed by atoms with Crippen LogP contribution in [0, 0.1) is 6.92 Å². The van der Waals surface area contributed by atoms with Crippen molar-refractivity contribution < 1.29 is 9.26 Å². The zero-order chi connectivity index (χ0) is 14.8. The van der Waals surface area contributed by atoms with Gasteiger partial charge < -0.3 is 15.0 Å². The Morgan fingerprint density at radius 3 is 2.76 bits per heavy atom. The van der Waals surface area contributed by atoms with Crippen molar-refractivity contribution in [2.45, 2.75) is 6.92 Å². The van der Waals surface area contributed by atoms with E-state index in [-0.39, 0.29) is 0 Å². The van der Waals surface area contributed by atoms with Gasteiger partial charge in [-0.25, -0.2) is 0 Å². The SMILES string of the molecule is COc1ccc(C)cc1-c1onc(N)c1-c1ccccn1. The molecule has 0 aliphatic heterocycles. The summed E-state index contributed by atoms with van der Waals surface area (Å²) in [5.41, 5.74) is 9.25. The number of nitrogens with two attached hydrogens (primary N) is 1. The molecule has 0 aliphatic rings. The predicted molar refractivity (Wildman–Crippen MR) is 80.9 cm³/mol. The largest absolute Gasteiger partial charge is 0.496 e. The Kier molecular flexibility index (Phi) is 3.31. The Hall–Kier alpha value is -2.82. The van der Waals surface area contributed by atoms with Crippen molar-refractivity contribution in [3.63, 3.8) is 0 Å². The zero-order valence-electron chi connectivity index (χ0n) is 11.8. The summed E-state index contributed by atoms with van der Waals surface area (Å²) in [6.45, 7) is 2.00. The summed E-state index contributed by atoms with van der Waals surface area (Å²) >= 11 is 0. The van der Waals surface area contributed by atoms with Crippen LogP contribution in [-0.4, -0.2) is 17.3 Å². The van der Waals surface area contributed by atoms with Gasteiger partial charge in [0.1, 0.15) is 5.75 Å². The maximum atomic E-state index is 5.95. The molecule has 106 valence electrons. The first-order chi connectivity index (χ1) is 10.2. The van der Waals surface area contributed by atoms with Crippen LogP contribution >= 0.6 is 0 Å². The molecular weight excluding hydrogens is 266 g/mol. The lowest BCUT2D eigenvalue weighted by atomic mass is 10.0. The van der Waals surface area contributed by atoms with E-state index in [0.29, 0.717) is 22.9 Å². The molecule has 5 heteroatoms. The van der Waals surface area contributed by atoms with Crippen LogP contribution in [0.4, 0.5) is 5.82 Å². The van der Waals surface area contributed by atoms with Gasteiger partial charge in [0.15, 0.2) is 11.6 Å². The number of rotatable bonds is 3. The van der Waals surface area contributed by atoms with Crippen molar-refractivity contribution in [1.29, 1.82) is 0 Å². The van der Waals surface area contributed by atoms with Crippen LogP contribution in [0.15, 0.2) is 47.1 Å². The van der Waals surface area contributed by atoms with Gasteiger partial charge >= 0.3 is 0 Å². The second kappa shape index (κ2) is 5.28. The second-order valence-electron chi connectivity index (χ2n) is 4.69. The first-order valence-electron chi connectivity index (χ1n) is 6.52. The highest BCUT2D eigenvalue weighted by Gasteiger charge is 2.21. The third-order valence-corrected chi connectivity index (χ3v) is 3.24. The number of aryl methyl sites for hydroxylation is 1. The van der Waals surface area contributed by atoms with E-state index < -0.39 is 0 Å². The van der Waals surface area contributed by atoms with Crippen LogP contribution in [0.5, 0.6) is 5.75 Å². The Labute approximate surface area is 122 Å².